The van der Waals surface area contributed by atoms with Crippen LogP contribution < -0.4 is 15.5 Å². The SMILES string of the molecule is c1cc(Nc2ccc3[nH]ncc3c2)nc(N2CC3CNC(C3)C2)n1. The molecule has 2 unspecified atom stereocenters. The largest absolute Gasteiger partial charge is 0.340 e. The molecule has 1 aromatic carbocycles. The summed E-state index contributed by atoms with van der Waals surface area (Å²) in [5.74, 6) is 2.34. The molecule has 2 atom stereocenters. The molecule has 2 aliphatic rings. The van der Waals surface area contributed by atoms with E-state index in [0.29, 0.717) is 12.0 Å². The maximum Gasteiger partial charge on any atom is 0.227 e. The summed E-state index contributed by atoms with van der Waals surface area (Å²) in [5.41, 5.74) is 2.02. The van der Waals surface area contributed by atoms with Gasteiger partial charge in [0, 0.05) is 42.9 Å². The number of H-pyrrole nitrogens is 1. The number of hydrogen-bond donors (Lipinski definition) is 3. The number of rotatable bonds is 3. The fourth-order valence-corrected chi connectivity index (χ4v) is 3.73. The minimum absolute atomic E-state index is 0.576. The lowest BCUT2D eigenvalue weighted by Crippen LogP contribution is -2.42. The summed E-state index contributed by atoms with van der Waals surface area (Å²) in [5, 5.41) is 15.0. The topological polar surface area (TPSA) is 81.8 Å². The van der Waals surface area contributed by atoms with Gasteiger partial charge in [-0.3, -0.25) is 5.10 Å². The molecule has 3 aromatic rings. The van der Waals surface area contributed by atoms with Crippen molar-refractivity contribution in [1.29, 1.82) is 0 Å². The highest BCUT2D eigenvalue weighted by Gasteiger charge is 2.33. The van der Waals surface area contributed by atoms with Crippen LogP contribution in [0.5, 0.6) is 0 Å². The van der Waals surface area contributed by atoms with Gasteiger partial charge in [-0.25, -0.2) is 4.98 Å². The van der Waals surface area contributed by atoms with E-state index in [1.165, 1.54) is 6.42 Å². The second-order valence-corrected chi connectivity index (χ2v) is 6.65. The smallest absolute Gasteiger partial charge is 0.227 e. The fourth-order valence-electron chi connectivity index (χ4n) is 3.73. The Kier molecular flexibility index (Phi) is 3.12. The molecule has 2 bridgehead atoms. The summed E-state index contributed by atoms with van der Waals surface area (Å²) in [7, 11) is 0. The monoisotopic (exact) mass is 321 g/mol. The van der Waals surface area contributed by atoms with Gasteiger partial charge in [0.15, 0.2) is 0 Å². The van der Waals surface area contributed by atoms with Crippen LogP contribution in [0.4, 0.5) is 17.5 Å². The van der Waals surface area contributed by atoms with Crippen LogP contribution >= 0.6 is 0 Å². The number of fused-ring (bicyclic) bond motifs is 3. The zero-order valence-electron chi connectivity index (χ0n) is 13.2. The molecule has 122 valence electrons. The van der Waals surface area contributed by atoms with E-state index in [0.717, 1.165) is 48.0 Å². The summed E-state index contributed by atoms with van der Waals surface area (Å²) in [4.78, 5) is 11.5. The second kappa shape index (κ2) is 5.45. The van der Waals surface area contributed by atoms with Gasteiger partial charge in [-0.15, -0.1) is 0 Å². The first kappa shape index (κ1) is 13.7. The molecule has 0 aliphatic carbocycles. The van der Waals surface area contributed by atoms with Crippen LogP contribution in [0.15, 0.2) is 36.7 Å². The van der Waals surface area contributed by atoms with Gasteiger partial charge >= 0.3 is 0 Å². The molecule has 3 N–H and O–H groups in total. The molecule has 4 heterocycles. The van der Waals surface area contributed by atoms with Crippen LogP contribution in [0.1, 0.15) is 6.42 Å². The molecule has 7 heteroatoms. The van der Waals surface area contributed by atoms with Crippen molar-refractivity contribution in [3.05, 3.63) is 36.7 Å². The van der Waals surface area contributed by atoms with Crippen molar-refractivity contribution < 1.29 is 0 Å². The number of nitrogens with one attached hydrogen (secondary N) is 3. The van der Waals surface area contributed by atoms with Crippen molar-refractivity contribution in [3.63, 3.8) is 0 Å². The normalized spacial score (nSPS) is 22.9. The summed E-state index contributed by atoms with van der Waals surface area (Å²) in [6, 6.07) is 8.58. The van der Waals surface area contributed by atoms with E-state index in [2.05, 4.69) is 36.8 Å². The number of nitrogens with zero attached hydrogens (tertiary/aromatic N) is 4. The molecule has 0 spiro atoms. The van der Waals surface area contributed by atoms with Gasteiger partial charge in [-0.2, -0.15) is 10.1 Å². The lowest BCUT2D eigenvalue weighted by atomic mass is 10.0. The zero-order chi connectivity index (χ0) is 15.9. The lowest BCUT2D eigenvalue weighted by molar-refractivity contribution is 0.469. The van der Waals surface area contributed by atoms with Gasteiger partial charge in [-0.05, 0) is 36.6 Å². The molecule has 24 heavy (non-hydrogen) atoms. The number of aromatic nitrogens is 4. The molecule has 2 aromatic heterocycles. The predicted molar refractivity (Wildman–Crippen MR) is 93.5 cm³/mol. The first-order valence-corrected chi connectivity index (χ1v) is 8.35. The van der Waals surface area contributed by atoms with Gasteiger partial charge in [0.25, 0.3) is 0 Å². The van der Waals surface area contributed by atoms with Crippen molar-refractivity contribution in [2.75, 3.05) is 29.9 Å². The van der Waals surface area contributed by atoms with E-state index in [9.17, 15) is 0 Å². The Morgan fingerprint density at radius 1 is 1.21 bits per heavy atom. The molecule has 5 rings (SSSR count). The highest BCUT2D eigenvalue weighted by molar-refractivity contribution is 5.82. The fraction of sp³-hybridized carbons (Fsp3) is 0.353. The molecule has 2 saturated heterocycles. The Morgan fingerprint density at radius 3 is 3.17 bits per heavy atom. The Labute approximate surface area is 139 Å². The molecule has 0 amide bonds. The van der Waals surface area contributed by atoms with Gasteiger partial charge in [-0.1, -0.05) is 0 Å². The minimum atomic E-state index is 0.576. The summed E-state index contributed by atoms with van der Waals surface area (Å²) in [6.07, 6.45) is 4.92. The molecule has 2 aliphatic heterocycles. The predicted octanol–water partition coefficient (Wildman–Crippen LogP) is 1.89. The van der Waals surface area contributed by atoms with Crippen molar-refractivity contribution in [2.45, 2.75) is 12.5 Å². The molecular formula is C17H19N7. The van der Waals surface area contributed by atoms with E-state index in [4.69, 9.17) is 4.98 Å². The minimum Gasteiger partial charge on any atom is -0.340 e. The highest BCUT2D eigenvalue weighted by atomic mass is 15.3. The summed E-state index contributed by atoms with van der Waals surface area (Å²) in [6.45, 7) is 3.14. The lowest BCUT2D eigenvalue weighted by Gasteiger charge is -2.31. The average Bonchev–Trinajstić information content (AvgIpc) is 3.20. The Balaban J connectivity index is 1.38. The Hall–Kier alpha value is -2.67. The Bertz CT molecular complexity index is 862. The highest BCUT2D eigenvalue weighted by Crippen LogP contribution is 2.26. The number of hydrogen-bond acceptors (Lipinski definition) is 6. The molecule has 0 radical (unpaired) electrons. The van der Waals surface area contributed by atoms with Crippen molar-refractivity contribution in [3.8, 4) is 0 Å². The first-order valence-electron chi connectivity index (χ1n) is 8.35. The zero-order valence-corrected chi connectivity index (χ0v) is 13.2. The third kappa shape index (κ3) is 2.46. The maximum absolute atomic E-state index is 4.71. The number of anilines is 3. The van der Waals surface area contributed by atoms with Crippen LogP contribution in [0.25, 0.3) is 10.9 Å². The maximum atomic E-state index is 4.71. The van der Waals surface area contributed by atoms with Gasteiger partial charge in [0.05, 0.1) is 11.7 Å². The van der Waals surface area contributed by atoms with Crippen molar-refractivity contribution in [2.24, 2.45) is 5.92 Å². The van der Waals surface area contributed by atoms with Crippen LogP contribution in [0.2, 0.25) is 0 Å². The van der Waals surface area contributed by atoms with Crippen LogP contribution in [0.3, 0.4) is 0 Å². The summed E-state index contributed by atoms with van der Waals surface area (Å²) >= 11 is 0. The van der Waals surface area contributed by atoms with Crippen LogP contribution in [0, 0.1) is 5.92 Å². The van der Waals surface area contributed by atoms with Crippen molar-refractivity contribution in [1.82, 2.24) is 25.5 Å². The van der Waals surface area contributed by atoms with Gasteiger partial charge < -0.3 is 15.5 Å². The van der Waals surface area contributed by atoms with E-state index in [1.807, 2.05) is 30.6 Å². The molecule has 0 saturated carbocycles. The quantitative estimate of drug-likeness (QED) is 0.683. The standard InChI is InChI=1S/C17H19N7/c1-2-15-12(8-20-23-15)6-13(1)21-16-3-4-18-17(22-16)24-9-11-5-14(10-24)19-7-11/h1-4,6,8,11,14,19H,5,7,9-10H2,(H,20,23)(H,18,21,22). The van der Waals surface area contributed by atoms with Crippen LogP contribution in [-0.4, -0.2) is 45.8 Å². The summed E-state index contributed by atoms with van der Waals surface area (Å²) < 4.78 is 0. The van der Waals surface area contributed by atoms with E-state index in [-0.39, 0.29) is 0 Å². The van der Waals surface area contributed by atoms with Gasteiger partial charge in [0.2, 0.25) is 5.95 Å². The van der Waals surface area contributed by atoms with E-state index >= 15 is 0 Å². The Morgan fingerprint density at radius 2 is 2.21 bits per heavy atom. The molecular weight excluding hydrogens is 302 g/mol. The van der Waals surface area contributed by atoms with E-state index < -0.39 is 0 Å². The van der Waals surface area contributed by atoms with Crippen molar-refractivity contribution >= 4 is 28.4 Å². The third-order valence-electron chi connectivity index (χ3n) is 4.87. The second-order valence-electron chi connectivity index (χ2n) is 6.65. The molecule has 7 nitrogen and oxygen atoms in total. The number of benzene rings is 1. The van der Waals surface area contributed by atoms with E-state index in [1.54, 1.807) is 0 Å². The van der Waals surface area contributed by atoms with Crippen LogP contribution in [-0.2, 0) is 0 Å². The number of aromatic amines is 1. The average molecular weight is 321 g/mol. The molecule has 2 fully saturated rings. The van der Waals surface area contributed by atoms with Gasteiger partial charge in [0.1, 0.15) is 5.82 Å². The first-order chi connectivity index (χ1) is 11.8. The third-order valence-corrected chi connectivity index (χ3v) is 4.87. The number of piperidine rings is 1.